The normalized spacial score (nSPS) is 17.6. The molecule has 14 heavy (non-hydrogen) atoms. The summed E-state index contributed by atoms with van der Waals surface area (Å²) in [6.07, 6.45) is 2.92. The Morgan fingerprint density at radius 1 is 1.29 bits per heavy atom. The molecule has 0 aliphatic heterocycles. The highest BCUT2D eigenvalue weighted by Crippen LogP contribution is 1.89. The molecular weight excluding hydrogens is 176 g/mol. The zero-order valence-electron chi connectivity index (χ0n) is 14.1. The lowest BCUT2D eigenvalue weighted by Gasteiger charge is -1.87. The van der Waals surface area contributed by atoms with Crippen LogP contribution in [-0.4, -0.2) is 19.6 Å². The first-order valence-electron chi connectivity index (χ1n) is 7.05. The standard InChI is InChI=1S/2C5H8N2/c1-5-3-4-7(2)6-5;1-5-3-4-6-7(5)2/h2*3-4H,1-2H3/i2*2D3. The topological polar surface area (TPSA) is 35.6 Å². The predicted molar refractivity (Wildman–Crippen MR) is 55.9 cm³/mol. The maximum atomic E-state index is 6.96. The molecule has 4 heteroatoms. The summed E-state index contributed by atoms with van der Waals surface area (Å²) in [5, 5.41) is 7.38. The van der Waals surface area contributed by atoms with Gasteiger partial charge in [-0.3, -0.25) is 9.36 Å². The highest BCUT2D eigenvalue weighted by atomic mass is 15.2. The van der Waals surface area contributed by atoms with Crippen molar-refractivity contribution in [1.82, 2.24) is 19.6 Å². The van der Waals surface area contributed by atoms with Crippen LogP contribution >= 0.6 is 0 Å². The van der Waals surface area contributed by atoms with Crippen molar-refractivity contribution in [2.75, 3.05) is 0 Å². The minimum Gasteiger partial charge on any atom is -0.276 e. The molecule has 2 aromatic heterocycles. The summed E-state index contributed by atoms with van der Waals surface area (Å²) >= 11 is 0. The molecule has 0 atom stereocenters. The second-order valence-electron chi connectivity index (χ2n) is 2.79. The third-order valence-corrected chi connectivity index (χ3v) is 1.55. The van der Waals surface area contributed by atoms with Gasteiger partial charge in [0.15, 0.2) is 0 Å². The van der Waals surface area contributed by atoms with Gasteiger partial charge in [0.25, 0.3) is 0 Å². The van der Waals surface area contributed by atoms with Gasteiger partial charge in [0.05, 0.1) is 5.69 Å². The van der Waals surface area contributed by atoms with E-state index in [0.717, 1.165) is 15.1 Å². The molecule has 0 aromatic carbocycles. The summed E-state index contributed by atoms with van der Waals surface area (Å²) < 4.78 is 43.6. The first-order valence-corrected chi connectivity index (χ1v) is 4.05. The number of hydrogen-bond donors (Lipinski definition) is 0. The van der Waals surface area contributed by atoms with Crippen molar-refractivity contribution < 1.29 is 8.22 Å². The van der Waals surface area contributed by atoms with Crippen LogP contribution in [0.2, 0.25) is 0 Å². The SMILES string of the molecule is [2H]C([2H])([2H])n1ccc(C)n1.[2H]C([2H])([2H])n1nccc1C. The van der Waals surface area contributed by atoms with Gasteiger partial charge in [-0.05, 0) is 26.0 Å². The van der Waals surface area contributed by atoms with E-state index in [2.05, 4.69) is 10.2 Å². The fraction of sp³-hybridized carbons (Fsp3) is 0.400. The Balaban J connectivity index is 0.000000200. The number of rotatable bonds is 0. The van der Waals surface area contributed by atoms with E-state index < -0.39 is 14.0 Å². The third-order valence-electron chi connectivity index (χ3n) is 1.55. The fourth-order valence-electron chi connectivity index (χ4n) is 0.785. The van der Waals surface area contributed by atoms with Crippen LogP contribution in [0.25, 0.3) is 0 Å². The van der Waals surface area contributed by atoms with E-state index in [0.29, 0.717) is 5.69 Å². The zero-order chi connectivity index (χ0) is 15.6. The van der Waals surface area contributed by atoms with Crippen molar-refractivity contribution >= 4 is 0 Å². The van der Waals surface area contributed by atoms with Crippen LogP contribution in [0.1, 0.15) is 19.6 Å². The van der Waals surface area contributed by atoms with E-state index in [1.54, 1.807) is 26.0 Å². The molecule has 2 rings (SSSR count). The summed E-state index contributed by atoms with van der Waals surface area (Å²) in [6.45, 7) is -0.802. The molecule has 0 fully saturated rings. The summed E-state index contributed by atoms with van der Waals surface area (Å²) in [5.74, 6) is 0. The number of aromatic nitrogens is 4. The smallest absolute Gasteiger partial charge is 0.0593 e. The Kier molecular flexibility index (Phi) is 1.57. The molecule has 0 aliphatic carbocycles. The van der Waals surface area contributed by atoms with Crippen LogP contribution in [0.3, 0.4) is 0 Å². The van der Waals surface area contributed by atoms with E-state index in [4.69, 9.17) is 8.22 Å². The summed E-state index contributed by atoms with van der Waals surface area (Å²) in [6, 6.07) is 3.32. The Bertz CT molecular complexity index is 551. The molecule has 0 amide bonds. The van der Waals surface area contributed by atoms with E-state index in [9.17, 15) is 0 Å². The number of nitrogens with zero attached hydrogens (tertiary/aromatic N) is 4. The second-order valence-corrected chi connectivity index (χ2v) is 2.79. The molecular formula is C10H16N4. The summed E-state index contributed by atoms with van der Waals surface area (Å²) in [7, 11) is 0. The largest absolute Gasteiger partial charge is 0.276 e. The molecule has 76 valence electrons. The lowest BCUT2D eigenvalue weighted by Crippen LogP contribution is -1.90. The molecule has 2 heterocycles. The van der Waals surface area contributed by atoms with Gasteiger partial charge in [0.1, 0.15) is 0 Å². The third kappa shape index (κ3) is 3.05. The lowest BCUT2D eigenvalue weighted by molar-refractivity contribution is 0.740. The van der Waals surface area contributed by atoms with Crippen LogP contribution in [-0.2, 0) is 14.0 Å². The zero-order valence-corrected chi connectivity index (χ0v) is 8.10. The monoisotopic (exact) mass is 198 g/mol. The molecule has 0 radical (unpaired) electrons. The Morgan fingerprint density at radius 3 is 2.43 bits per heavy atom. The number of aryl methyl sites for hydroxylation is 4. The Morgan fingerprint density at radius 2 is 2.14 bits per heavy atom. The van der Waals surface area contributed by atoms with Crippen LogP contribution in [0.4, 0.5) is 0 Å². The van der Waals surface area contributed by atoms with Gasteiger partial charge in [-0.15, -0.1) is 0 Å². The Hall–Kier alpha value is -1.58. The maximum absolute atomic E-state index is 6.96. The van der Waals surface area contributed by atoms with Gasteiger partial charge >= 0.3 is 0 Å². The van der Waals surface area contributed by atoms with Crippen LogP contribution in [0.15, 0.2) is 24.5 Å². The van der Waals surface area contributed by atoms with Crippen molar-refractivity contribution in [2.45, 2.75) is 13.8 Å². The van der Waals surface area contributed by atoms with E-state index >= 15 is 0 Å². The van der Waals surface area contributed by atoms with Gasteiger partial charge < -0.3 is 0 Å². The average molecular weight is 198 g/mol. The van der Waals surface area contributed by atoms with Crippen LogP contribution < -0.4 is 0 Å². The number of hydrogen-bond acceptors (Lipinski definition) is 2. The van der Waals surface area contributed by atoms with Crippen molar-refractivity contribution in [3.63, 3.8) is 0 Å². The summed E-state index contributed by atoms with van der Waals surface area (Å²) in [5.41, 5.74) is 1.37. The predicted octanol–water partition coefficient (Wildman–Crippen LogP) is 1.46. The molecule has 0 unspecified atom stereocenters. The van der Waals surface area contributed by atoms with Crippen molar-refractivity contribution in [3.8, 4) is 0 Å². The van der Waals surface area contributed by atoms with E-state index in [-0.39, 0.29) is 0 Å². The minimum atomic E-state index is -2.13. The van der Waals surface area contributed by atoms with Crippen molar-refractivity contribution in [2.24, 2.45) is 14.0 Å². The highest BCUT2D eigenvalue weighted by molar-refractivity contribution is 4.95. The van der Waals surface area contributed by atoms with Crippen molar-refractivity contribution in [3.05, 3.63) is 35.9 Å². The quantitative estimate of drug-likeness (QED) is 0.642. The van der Waals surface area contributed by atoms with Gasteiger partial charge in [0.2, 0.25) is 0 Å². The average Bonchev–Trinajstić information content (AvgIpc) is 2.85. The van der Waals surface area contributed by atoms with Crippen LogP contribution in [0.5, 0.6) is 0 Å². The molecule has 0 saturated carbocycles. The lowest BCUT2D eigenvalue weighted by atomic mass is 10.5. The molecule has 0 saturated heterocycles. The first-order chi connectivity index (χ1) is 9.01. The summed E-state index contributed by atoms with van der Waals surface area (Å²) in [4.78, 5) is 0. The van der Waals surface area contributed by atoms with Gasteiger partial charge in [-0.2, -0.15) is 10.2 Å². The van der Waals surface area contributed by atoms with E-state index in [1.165, 1.54) is 12.4 Å². The molecule has 0 bridgehead atoms. The molecule has 2 aromatic rings. The Labute approximate surface area is 92.6 Å². The molecule has 0 aliphatic rings. The molecule has 0 spiro atoms. The maximum Gasteiger partial charge on any atom is 0.0593 e. The van der Waals surface area contributed by atoms with Crippen molar-refractivity contribution in [1.29, 1.82) is 0 Å². The van der Waals surface area contributed by atoms with Gasteiger partial charge in [0, 0.05) is 40.3 Å². The molecule has 0 N–H and O–H groups in total. The van der Waals surface area contributed by atoms with E-state index in [1.807, 2.05) is 0 Å². The highest BCUT2D eigenvalue weighted by Gasteiger charge is 1.83. The first kappa shape index (κ1) is 4.77. The van der Waals surface area contributed by atoms with Gasteiger partial charge in [-0.1, -0.05) is 0 Å². The molecule has 4 nitrogen and oxygen atoms in total. The van der Waals surface area contributed by atoms with Gasteiger partial charge in [-0.25, -0.2) is 0 Å². The fourth-order valence-corrected chi connectivity index (χ4v) is 0.785. The minimum absolute atomic E-state index is 0.653. The second kappa shape index (κ2) is 4.60. The van der Waals surface area contributed by atoms with Crippen LogP contribution in [0, 0.1) is 13.8 Å².